The van der Waals surface area contributed by atoms with Gasteiger partial charge in [-0.3, -0.25) is 15.0 Å². The second-order valence-electron chi connectivity index (χ2n) is 13.0. The first kappa shape index (κ1) is 28.0. The van der Waals surface area contributed by atoms with Crippen molar-refractivity contribution in [2.75, 3.05) is 37.7 Å². The molecular weight excluding hydrogens is 614 g/mol. The van der Waals surface area contributed by atoms with E-state index in [2.05, 4.69) is 35.2 Å². The van der Waals surface area contributed by atoms with Crippen LogP contribution in [0.3, 0.4) is 0 Å². The maximum absolute atomic E-state index is 17.0. The van der Waals surface area contributed by atoms with Crippen LogP contribution >= 0.6 is 11.6 Å². The van der Waals surface area contributed by atoms with Gasteiger partial charge in [0.05, 0.1) is 40.4 Å². The molecule has 5 aliphatic heterocycles. The molecule has 3 saturated heterocycles. The van der Waals surface area contributed by atoms with E-state index in [0.29, 0.717) is 70.0 Å². The Morgan fingerprint density at radius 2 is 2.00 bits per heavy atom. The van der Waals surface area contributed by atoms with Crippen molar-refractivity contribution in [1.29, 1.82) is 0 Å². The molecule has 11 nitrogen and oxygen atoms in total. The molecule has 3 fully saturated rings. The SMILES string of the molecule is Fc1c2ncc3c(nc(OC[C@@]45CCCN4C[C@H](F)C5)nc13)N1CCC[C@H](C1)Cn1ncc(n1)/C=C\c1c(Cl)cc3[nH]ncc3c1-2. The predicted octanol–water partition coefficient (Wildman–Crippen LogP) is 5.31. The fourth-order valence-electron chi connectivity index (χ4n) is 7.92. The highest BCUT2D eigenvalue weighted by molar-refractivity contribution is 6.34. The first-order valence-corrected chi connectivity index (χ1v) is 16.2. The summed E-state index contributed by atoms with van der Waals surface area (Å²) in [5.41, 5.74) is 2.15. The highest BCUT2D eigenvalue weighted by Gasteiger charge is 2.49. The summed E-state index contributed by atoms with van der Waals surface area (Å²) in [5, 5.41) is 17.9. The van der Waals surface area contributed by atoms with E-state index in [-0.39, 0.29) is 29.7 Å². The molecule has 46 heavy (non-hydrogen) atoms. The Labute approximate surface area is 267 Å². The molecule has 9 heterocycles. The van der Waals surface area contributed by atoms with E-state index in [1.54, 1.807) is 29.5 Å². The van der Waals surface area contributed by atoms with Gasteiger partial charge in [-0.15, -0.1) is 0 Å². The number of rotatable bonds is 3. The van der Waals surface area contributed by atoms with Crippen molar-refractivity contribution < 1.29 is 13.5 Å². The van der Waals surface area contributed by atoms with Gasteiger partial charge in [0.2, 0.25) is 0 Å². The van der Waals surface area contributed by atoms with Crippen LogP contribution in [0.25, 0.3) is 45.2 Å². The van der Waals surface area contributed by atoms with Gasteiger partial charge in [-0.1, -0.05) is 17.7 Å². The van der Waals surface area contributed by atoms with Crippen LogP contribution < -0.4 is 9.64 Å². The number of piperidine rings is 1. The molecule has 4 aromatic heterocycles. The van der Waals surface area contributed by atoms with Gasteiger partial charge in [0, 0.05) is 48.8 Å². The largest absolute Gasteiger partial charge is 0.461 e. The van der Waals surface area contributed by atoms with Crippen LogP contribution in [0.4, 0.5) is 14.6 Å². The number of benzene rings is 1. The topological polar surface area (TPSA) is 114 Å². The summed E-state index contributed by atoms with van der Waals surface area (Å²) in [6, 6.07) is 1.84. The van der Waals surface area contributed by atoms with E-state index in [9.17, 15) is 4.39 Å². The summed E-state index contributed by atoms with van der Waals surface area (Å²) in [6.07, 6.45) is 11.9. The first-order valence-electron chi connectivity index (χ1n) is 15.8. The number of aromatic nitrogens is 8. The Morgan fingerprint density at radius 3 is 2.93 bits per heavy atom. The maximum atomic E-state index is 17.0. The molecule has 3 atom stereocenters. The number of anilines is 1. The molecule has 236 valence electrons. The second-order valence-corrected chi connectivity index (χ2v) is 13.4. The van der Waals surface area contributed by atoms with Crippen molar-refractivity contribution >= 4 is 51.4 Å². The number of halogens is 3. The summed E-state index contributed by atoms with van der Waals surface area (Å²) < 4.78 is 37.9. The summed E-state index contributed by atoms with van der Waals surface area (Å²) in [7, 11) is 0. The number of ether oxygens (including phenoxy) is 1. The zero-order valence-corrected chi connectivity index (χ0v) is 25.7. The molecule has 0 saturated carbocycles. The van der Waals surface area contributed by atoms with Crippen molar-refractivity contribution in [2.45, 2.75) is 50.4 Å². The summed E-state index contributed by atoms with van der Waals surface area (Å²) in [5.74, 6) is 0.203. The van der Waals surface area contributed by atoms with Gasteiger partial charge in [0.15, 0.2) is 5.82 Å². The molecule has 0 spiro atoms. The lowest BCUT2D eigenvalue weighted by molar-refractivity contribution is 0.107. The molecule has 0 aliphatic carbocycles. The highest BCUT2D eigenvalue weighted by atomic mass is 35.5. The first-order chi connectivity index (χ1) is 22.4. The number of hydrogen-bond donors (Lipinski definition) is 1. The smallest absolute Gasteiger partial charge is 0.319 e. The number of H-pyrrole nitrogens is 1. The maximum Gasteiger partial charge on any atom is 0.319 e. The van der Waals surface area contributed by atoms with Gasteiger partial charge in [-0.05, 0) is 50.3 Å². The third-order valence-corrected chi connectivity index (χ3v) is 10.4. The fraction of sp³-hybridized carbons (Fsp3) is 0.438. The van der Waals surface area contributed by atoms with Crippen LogP contribution in [0.5, 0.6) is 6.01 Å². The standard InChI is InChI=1S/C32H31ClF2N10O/c33-24-9-25-22(13-37-41-25)26-21(24)5-4-20-11-38-45(42-20)15-18-3-1-7-43(14-18)30-23-12-36-29(26)27(35)28(23)39-31(40-30)46-17-32-6-2-8-44(32)16-19(34)10-32/h4-5,9,11-13,18-19H,1-3,6-8,10,14-17H2,(H,37,41)/b5-4-/t18-,19-,32+/m1/s1. The number of hydrogen-bond acceptors (Lipinski definition) is 9. The van der Waals surface area contributed by atoms with Gasteiger partial charge in [0.1, 0.15) is 35.5 Å². The second kappa shape index (κ2) is 10.7. The molecule has 1 N–H and O–H groups in total. The Hall–Kier alpha value is -4.23. The molecule has 0 unspecified atom stereocenters. The number of aromatic amines is 1. The lowest BCUT2D eigenvalue weighted by Crippen LogP contribution is -2.43. The molecule has 14 heteroatoms. The Morgan fingerprint density at radius 1 is 1.07 bits per heavy atom. The van der Waals surface area contributed by atoms with E-state index in [1.165, 1.54) is 0 Å². The molecule has 1 aromatic carbocycles. The fourth-order valence-corrected chi connectivity index (χ4v) is 8.19. The van der Waals surface area contributed by atoms with Crippen LogP contribution in [0.2, 0.25) is 5.02 Å². The molecule has 10 rings (SSSR count). The van der Waals surface area contributed by atoms with Gasteiger partial charge < -0.3 is 9.64 Å². The number of nitrogens with one attached hydrogen (secondary N) is 1. The predicted molar refractivity (Wildman–Crippen MR) is 170 cm³/mol. The van der Waals surface area contributed by atoms with E-state index in [0.717, 1.165) is 38.8 Å². The van der Waals surface area contributed by atoms with Crippen molar-refractivity contribution in [1.82, 2.24) is 45.0 Å². The van der Waals surface area contributed by atoms with E-state index in [4.69, 9.17) is 26.3 Å². The third kappa shape index (κ3) is 4.54. The summed E-state index contributed by atoms with van der Waals surface area (Å²) in [4.78, 5) is 20.3. The van der Waals surface area contributed by atoms with Gasteiger partial charge in [0.25, 0.3) is 0 Å². The molecule has 5 aliphatic rings. The molecule has 5 aromatic rings. The van der Waals surface area contributed by atoms with Crippen LogP contribution in [-0.4, -0.2) is 89.5 Å². The van der Waals surface area contributed by atoms with E-state index < -0.39 is 17.5 Å². The number of fused-ring (bicyclic) bond motifs is 3. The van der Waals surface area contributed by atoms with Crippen LogP contribution in [0.1, 0.15) is 43.4 Å². The monoisotopic (exact) mass is 644 g/mol. The summed E-state index contributed by atoms with van der Waals surface area (Å²) >= 11 is 6.82. The zero-order valence-electron chi connectivity index (χ0n) is 25.0. The Balaban J connectivity index is 1.24. The minimum atomic E-state index is -0.888. The van der Waals surface area contributed by atoms with Crippen LogP contribution in [-0.2, 0) is 6.54 Å². The van der Waals surface area contributed by atoms with Gasteiger partial charge >= 0.3 is 6.01 Å². The summed E-state index contributed by atoms with van der Waals surface area (Å²) in [6.45, 7) is 3.55. The Bertz CT molecular complexity index is 2030. The average Bonchev–Trinajstić information content (AvgIpc) is 3.83. The number of alkyl halides is 1. The lowest BCUT2D eigenvalue weighted by Gasteiger charge is -2.34. The molecule has 0 radical (unpaired) electrons. The quantitative estimate of drug-likeness (QED) is 0.279. The van der Waals surface area contributed by atoms with Crippen molar-refractivity contribution in [3.8, 4) is 17.3 Å². The third-order valence-electron chi connectivity index (χ3n) is 10.1. The number of nitrogens with zero attached hydrogens (tertiary/aromatic N) is 9. The molecule has 0 amide bonds. The van der Waals surface area contributed by atoms with Crippen molar-refractivity contribution in [3.05, 3.63) is 46.8 Å². The van der Waals surface area contributed by atoms with E-state index >= 15 is 4.39 Å². The van der Waals surface area contributed by atoms with Gasteiger partial charge in [-0.2, -0.15) is 30.1 Å². The minimum absolute atomic E-state index is 0.0726. The molecular formula is C32H31ClF2N10O. The zero-order chi connectivity index (χ0) is 31.0. The lowest BCUT2D eigenvalue weighted by atomic mass is 9.95. The van der Waals surface area contributed by atoms with Crippen LogP contribution in [0.15, 0.2) is 24.7 Å². The van der Waals surface area contributed by atoms with E-state index in [1.807, 2.05) is 12.2 Å². The average molecular weight is 645 g/mol. The molecule has 8 bridgehead atoms. The van der Waals surface area contributed by atoms with Gasteiger partial charge in [-0.25, -0.2) is 8.78 Å². The van der Waals surface area contributed by atoms with Crippen LogP contribution in [0, 0.1) is 11.7 Å². The Kier molecular flexibility index (Phi) is 6.50. The highest BCUT2D eigenvalue weighted by Crippen LogP contribution is 2.42. The normalized spacial score (nSPS) is 25.1. The van der Waals surface area contributed by atoms with Crippen molar-refractivity contribution in [3.63, 3.8) is 0 Å². The number of pyridine rings is 1. The minimum Gasteiger partial charge on any atom is -0.461 e. The van der Waals surface area contributed by atoms with Crippen molar-refractivity contribution in [2.24, 2.45) is 5.92 Å².